The van der Waals surface area contributed by atoms with E-state index in [1.165, 1.54) is 6.20 Å². The van der Waals surface area contributed by atoms with Crippen LogP contribution in [0.25, 0.3) is 5.65 Å². The number of amides is 1. The number of hydrogen-bond donors (Lipinski definition) is 2. The predicted molar refractivity (Wildman–Crippen MR) is 63.7 cm³/mol. The van der Waals surface area contributed by atoms with Crippen LogP contribution < -0.4 is 5.32 Å². The van der Waals surface area contributed by atoms with Gasteiger partial charge in [0.15, 0.2) is 10.8 Å². The van der Waals surface area contributed by atoms with E-state index in [2.05, 4.69) is 15.4 Å². The Morgan fingerprint density at radius 1 is 1.59 bits per heavy atom. The first kappa shape index (κ1) is 11.7. The van der Waals surface area contributed by atoms with Crippen LogP contribution in [-0.4, -0.2) is 25.8 Å². The van der Waals surface area contributed by atoms with Gasteiger partial charge in [-0.1, -0.05) is 25.4 Å². The molecule has 0 radical (unpaired) electrons. The molecule has 2 N–H and O–H groups in total. The minimum atomic E-state index is -1.13. The van der Waals surface area contributed by atoms with Crippen molar-refractivity contribution in [3.05, 3.63) is 23.1 Å². The van der Waals surface area contributed by atoms with Crippen LogP contribution in [-0.2, 0) is 0 Å². The number of nitrogens with one attached hydrogen (secondary N) is 1. The highest BCUT2D eigenvalue weighted by Crippen LogP contribution is 2.25. The standard InChI is InChI=1S/C10H11ClN4O2/c1-5(2)9-6(13-10(16)17)4-12-8-3-7(11)14-15(8)9/h3-5,13H,1-2H3,(H,16,17). The summed E-state index contributed by atoms with van der Waals surface area (Å²) in [6, 6.07) is 1.62. The quantitative estimate of drug-likeness (QED) is 0.863. The molecule has 0 unspecified atom stereocenters. The number of rotatable bonds is 2. The largest absolute Gasteiger partial charge is 0.465 e. The van der Waals surface area contributed by atoms with Gasteiger partial charge < -0.3 is 5.11 Å². The average molecular weight is 255 g/mol. The Labute approximate surface area is 102 Å². The summed E-state index contributed by atoms with van der Waals surface area (Å²) < 4.78 is 1.55. The smallest absolute Gasteiger partial charge is 0.409 e. The van der Waals surface area contributed by atoms with Gasteiger partial charge in [-0.2, -0.15) is 5.10 Å². The lowest BCUT2D eigenvalue weighted by atomic mass is 10.1. The van der Waals surface area contributed by atoms with E-state index in [-0.39, 0.29) is 5.92 Å². The highest BCUT2D eigenvalue weighted by molar-refractivity contribution is 6.29. The zero-order valence-electron chi connectivity index (χ0n) is 9.31. The van der Waals surface area contributed by atoms with Gasteiger partial charge in [-0.25, -0.2) is 14.3 Å². The average Bonchev–Trinajstić information content (AvgIpc) is 2.56. The summed E-state index contributed by atoms with van der Waals surface area (Å²) in [6.07, 6.45) is 0.336. The molecular weight excluding hydrogens is 244 g/mol. The summed E-state index contributed by atoms with van der Waals surface area (Å²) in [4.78, 5) is 14.8. The minimum absolute atomic E-state index is 0.0818. The molecule has 7 heteroatoms. The van der Waals surface area contributed by atoms with E-state index in [4.69, 9.17) is 16.7 Å². The number of halogens is 1. The molecule has 17 heavy (non-hydrogen) atoms. The molecule has 6 nitrogen and oxygen atoms in total. The van der Waals surface area contributed by atoms with Crippen molar-refractivity contribution in [1.29, 1.82) is 0 Å². The monoisotopic (exact) mass is 254 g/mol. The SMILES string of the molecule is CC(C)c1c(NC(=O)O)cnc2cc(Cl)nn12. The van der Waals surface area contributed by atoms with E-state index in [1.807, 2.05) is 13.8 Å². The number of aromatic nitrogens is 3. The molecule has 2 rings (SSSR count). The zero-order chi connectivity index (χ0) is 12.6. The maximum absolute atomic E-state index is 10.7. The summed E-state index contributed by atoms with van der Waals surface area (Å²) in [5.41, 5.74) is 1.73. The van der Waals surface area contributed by atoms with Crippen LogP contribution in [0.15, 0.2) is 12.3 Å². The Balaban J connectivity index is 2.67. The van der Waals surface area contributed by atoms with Crippen LogP contribution in [0.3, 0.4) is 0 Å². The minimum Gasteiger partial charge on any atom is -0.465 e. The Kier molecular flexibility index (Phi) is 2.89. The number of nitrogens with zero attached hydrogens (tertiary/aromatic N) is 3. The van der Waals surface area contributed by atoms with Gasteiger partial charge in [0, 0.05) is 6.07 Å². The maximum Gasteiger partial charge on any atom is 0.409 e. The number of fused-ring (bicyclic) bond motifs is 1. The summed E-state index contributed by atoms with van der Waals surface area (Å²) in [7, 11) is 0. The molecule has 2 aromatic rings. The van der Waals surface area contributed by atoms with Crippen molar-refractivity contribution in [3.8, 4) is 0 Å². The van der Waals surface area contributed by atoms with E-state index < -0.39 is 6.09 Å². The number of carbonyl (C=O) groups is 1. The van der Waals surface area contributed by atoms with Gasteiger partial charge in [-0.3, -0.25) is 5.32 Å². The van der Waals surface area contributed by atoms with Crippen LogP contribution in [0.1, 0.15) is 25.5 Å². The normalized spacial score (nSPS) is 11.1. The van der Waals surface area contributed by atoms with Crippen molar-refractivity contribution in [1.82, 2.24) is 14.6 Å². The zero-order valence-corrected chi connectivity index (χ0v) is 10.1. The topological polar surface area (TPSA) is 79.5 Å². The van der Waals surface area contributed by atoms with Crippen molar-refractivity contribution < 1.29 is 9.90 Å². The first-order chi connectivity index (χ1) is 7.99. The molecule has 90 valence electrons. The second-order valence-electron chi connectivity index (χ2n) is 3.88. The predicted octanol–water partition coefficient (Wildman–Crippen LogP) is 2.60. The maximum atomic E-state index is 10.7. The van der Waals surface area contributed by atoms with Gasteiger partial charge in [0.05, 0.1) is 17.6 Å². The van der Waals surface area contributed by atoms with Crippen LogP contribution in [0.2, 0.25) is 5.15 Å². The van der Waals surface area contributed by atoms with Crippen LogP contribution in [0.5, 0.6) is 0 Å². The van der Waals surface area contributed by atoms with E-state index in [0.717, 1.165) is 5.69 Å². The van der Waals surface area contributed by atoms with Gasteiger partial charge in [0.1, 0.15) is 0 Å². The summed E-state index contributed by atoms with van der Waals surface area (Å²) in [6.45, 7) is 3.88. The van der Waals surface area contributed by atoms with Crippen molar-refractivity contribution >= 4 is 29.0 Å². The van der Waals surface area contributed by atoms with Crippen molar-refractivity contribution in [2.45, 2.75) is 19.8 Å². The van der Waals surface area contributed by atoms with Crippen LogP contribution in [0, 0.1) is 0 Å². The molecule has 0 bridgehead atoms. The third kappa shape index (κ3) is 2.16. The van der Waals surface area contributed by atoms with Gasteiger partial charge in [0.2, 0.25) is 0 Å². The highest BCUT2D eigenvalue weighted by Gasteiger charge is 2.15. The van der Waals surface area contributed by atoms with Gasteiger partial charge >= 0.3 is 6.09 Å². The lowest BCUT2D eigenvalue weighted by Crippen LogP contribution is -2.13. The van der Waals surface area contributed by atoms with Gasteiger partial charge in [-0.05, 0) is 5.92 Å². The molecule has 0 saturated carbocycles. The number of anilines is 1. The lowest BCUT2D eigenvalue weighted by Gasteiger charge is -2.13. The van der Waals surface area contributed by atoms with E-state index in [1.54, 1.807) is 10.6 Å². The molecule has 0 aliphatic carbocycles. The second kappa shape index (κ2) is 4.21. The fraction of sp³-hybridized carbons (Fsp3) is 0.300. The first-order valence-corrected chi connectivity index (χ1v) is 5.41. The Morgan fingerprint density at radius 2 is 2.29 bits per heavy atom. The molecule has 2 heterocycles. The highest BCUT2D eigenvalue weighted by atomic mass is 35.5. The van der Waals surface area contributed by atoms with Crippen LogP contribution in [0.4, 0.5) is 10.5 Å². The van der Waals surface area contributed by atoms with Crippen molar-refractivity contribution in [3.63, 3.8) is 0 Å². The van der Waals surface area contributed by atoms with E-state index >= 15 is 0 Å². The fourth-order valence-corrected chi connectivity index (χ4v) is 1.86. The Morgan fingerprint density at radius 3 is 2.88 bits per heavy atom. The molecular formula is C10H11ClN4O2. The molecule has 0 spiro atoms. The summed E-state index contributed by atoms with van der Waals surface area (Å²) >= 11 is 5.81. The third-order valence-corrected chi connectivity index (χ3v) is 2.46. The van der Waals surface area contributed by atoms with E-state index in [9.17, 15) is 4.79 Å². The third-order valence-electron chi connectivity index (χ3n) is 2.28. The number of hydrogen-bond acceptors (Lipinski definition) is 3. The summed E-state index contributed by atoms with van der Waals surface area (Å²) in [5, 5.41) is 15.5. The summed E-state index contributed by atoms with van der Waals surface area (Å²) in [5.74, 6) is 0.0818. The molecule has 2 aromatic heterocycles. The van der Waals surface area contributed by atoms with Gasteiger partial charge in [0.25, 0.3) is 0 Å². The van der Waals surface area contributed by atoms with Crippen LogP contribution >= 0.6 is 11.6 Å². The molecule has 1 amide bonds. The second-order valence-corrected chi connectivity index (χ2v) is 4.27. The van der Waals surface area contributed by atoms with Gasteiger partial charge in [-0.15, -0.1) is 0 Å². The lowest BCUT2D eigenvalue weighted by molar-refractivity contribution is 0.209. The molecule has 0 fully saturated rings. The molecule has 0 aliphatic rings. The van der Waals surface area contributed by atoms with Crippen molar-refractivity contribution in [2.24, 2.45) is 0 Å². The molecule has 0 atom stereocenters. The number of carboxylic acid groups (broad SMARTS) is 1. The first-order valence-electron chi connectivity index (χ1n) is 5.03. The fourth-order valence-electron chi connectivity index (χ4n) is 1.69. The van der Waals surface area contributed by atoms with Crippen molar-refractivity contribution in [2.75, 3.05) is 5.32 Å². The Hall–Kier alpha value is -1.82. The molecule has 0 saturated heterocycles. The molecule has 0 aromatic carbocycles. The Bertz CT molecular complexity index is 579. The van der Waals surface area contributed by atoms with E-state index in [0.29, 0.717) is 16.5 Å². The molecule has 0 aliphatic heterocycles.